The summed E-state index contributed by atoms with van der Waals surface area (Å²) in [6.45, 7) is 7.93. The highest BCUT2D eigenvalue weighted by atomic mass is 16.5. The second-order valence-electron chi connectivity index (χ2n) is 3.69. The van der Waals surface area contributed by atoms with E-state index < -0.39 is 0 Å². The smallest absolute Gasteiger partial charge is 0.141 e. The Labute approximate surface area is 85.1 Å². The van der Waals surface area contributed by atoms with Crippen LogP contribution in [-0.2, 0) is 0 Å². The summed E-state index contributed by atoms with van der Waals surface area (Å²) in [5.41, 5.74) is 0. The second kappa shape index (κ2) is 4.84. The molecule has 0 aliphatic rings. The van der Waals surface area contributed by atoms with Gasteiger partial charge in [-0.3, -0.25) is 4.98 Å². The van der Waals surface area contributed by atoms with Crippen molar-refractivity contribution in [3.63, 3.8) is 0 Å². The molecule has 0 N–H and O–H groups in total. The molecule has 0 aromatic carbocycles. The molecule has 0 bridgehead atoms. The Kier molecular flexibility index (Phi) is 3.74. The van der Waals surface area contributed by atoms with E-state index in [9.17, 15) is 0 Å². The summed E-state index contributed by atoms with van der Waals surface area (Å²) in [6, 6.07) is 1.85. The van der Waals surface area contributed by atoms with E-state index in [-0.39, 0.29) is 12.2 Å². The summed E-state index contributed by atoms with van der Waals surface area (Å²) < 4.78 is 11.0. The van der Waals surface area contributed by atoms with E-state index in [1.54, 1.807) is 12.4 Å². The Balaban J connectivity index is 2.68. The van der Waals surface area contributed by atoms with Crippen LogP contribution in [0.25, 0.3) is 0 Å². The van der Waals surface area contributed by atoms with E-state index in [4.69, 9.17) is 9.47 Å². The lowest BCUT2D eigenvalue weighted by atomic mass is 10.4. The summed E-state index contributed by atoms with van der Waals surface area (Å²) in [5, 5.41) is 0. The Bertz CT molecular complexity index is 259. The molecular weight excluding hydrogens is 178 g/mol. The van der Waals surface area contributed by atoms with Crippen molar-refractivity contribution in [3.8, 4) is 11.5 Å². The molecule has 0 saturated heterocycles. The van der Waals surface area contributed by atoms with E-state index in [0.29, 0.717) is 0 Å². The molecule has 1 rings (SSSR count). The van der Waals surface area contributed by atoms with Gasteiger partial charge in [-0.1, -0.05) is 0 Å². The second-order valence-corrected chi connectivity index (χ2v) is 3.69. The zero-order chi connectivity index (χ0) is 10.6. The largest absolute Gasteiger partial charge is 0.489 e. The Hall–Kier alpha value is -1.25. The third-order valence-corrected chi connectivity index (χ3v) is 1.43. The van der Waals surface area contributed by atoms with Gasteiger partial charge in [0, 0.05) is 6.07 Å². The van der Waals surface area contributed by atoms with Crippen molar-refractivity contribution in [2.75, 3.05) is 0 Å². The van der Waals surface area contributed by atoms with Gasteiger partial charge >= 0.3 is 0 Å². The summed E-state index contributed by atoms with van der Waals surface area (Å²) in [6.07, 6.45) is 3.69. The van der Waals surface area contributed by atoms with Crippen LogP contribution in [0.5, 0.6) is 11.5 Å². The summed E-state index contributed by atoms with van der Waals surface area (Å²) in [4.78, 5) is 4.04. The molecule has 14 heavy (non-hydrogen) atoms. The minimum absolute atomic E-state index is 0.158. The van der Waals surface area contributed by atoms with E-state index in [1.165, 1.54) is 0 Å². The number of hydrogen-bond acceptors (Lipinski definition) is 3. The van der Waals surface area contributed by atoms with Crippen molar-refractivity contribution in [2.24, 2.45) is 0 Å². The lowest BCUT2D eigenvalue weighted by Gasteiger charge is -2.12. The van der Waals surface area contributed by atoms with Gasteiger partial charge < -0.3 is 9.47 Å². The summed E-state index contributed by atoms with van der Waals surface area (Å²) in [7, 11) is 0. The summed E-state index contributed by atoms with van der Waals surface area (Å²) in [5.74, 6) is 1.50. The van der Waals surface area contributed by atoms with Crippen LogP contribution in [-0.4, -0.2) is 17.2 Å². The van der Waals surface area contributed by atoms with Crippen molar-refractivity contribution in [1.29, 1.82) is 0 Å². The number of ether oxygens (including phenoxy) is 2. The minimum atomic E-state index is 0.158. The Morgan fingerprint density at radius 1 is 0.929 bits per heavy atom. The molecule has 0 fully saturated rings. The van der Waals surface area contributed by atoms with Crippen LogP contribution in [0.3, 0.4) is 0 Å². The molecule has 0 atom stereocenters. The molecule has 1 aromatic heterocycles. The topological polar surface area (TPSA) is 31.4 Å². The first-order valence-electron chi connectivity index (χ1n) is 4.86. The lowest BCUT2D eigenvalue weighted by molar-refractivity contribution is 0.227. The number of hydrogen-bond donors (Lipinski definition) is 0. The lowest BCUT2D eigenvalue weighted by Crippen LogP contribution is -2.08. The molecule has 0 spiro atoms. The van der Waals surface area contributed by atoms with Crippen LogP contribution in [0.4, 0.5) is 0 Å². The zero-order valence-corrected chi connectivity index (χ0v) is 9.15. The molecule has 3 heteroatoms. The van der Waals surface area contributed by atoms with Crippen LogP contribution in [0.2, 0.25) is 0 Å². The van der Waals surface area contributed by atoms with Gasteiger partial charge in [-0.25, -0.2) is 0 Å². The van der Waals surface area contributed by atoms with Crippen molar-refractivity contribution in [3.05, 3.63) is 18.5 Å². The quantitative estimate of drug-likeness (QED) is 0.740. The molecule has 0 aliphatic heterocycles. The van der Waals surface area contributed by atoms with Crippen LogP contribution >= 0.6 is 0 Å². The standard InChI is InChI=1S/C11H17NO2/c1-8(2)13-10-5-11(7-12-6-10)14-9(3)4/h5-9H,1-4H3. The first-order chi connectivity index (χ1) is 6.58. The number of nitrogens with zero attached hydrogens (tertiary/aromatic N) is 1. The number of pyridine rings is 1. The Morgan fingerprint density at radius 2 is 1.36 bits per heavy atom. The molecule has 0 unspecified atom stereocenters. The SMILES string of the molecule is CC(C)Oc1cncc(OC(C)C)c1. The van der Waals surface area contributed by atoms with Crippen LogP contribution in [0, 0.1) is 0 Å². The molecule has 3 nitrogen and oxygen atoms in total. The molecular formula is C11H17NO2. The van der Waals surface area contributed by atoms with Gasteiger partial charge in [0.2, 0.25) is 0 Å². The van der Waals surface area contributed by atoms with Gasteiger partial charge in [0.1, 0.15) is 11.5 Å². The van der Waals surface area contributed by atoms with Crippen molar-refractivity contribution >= 4 is 0 Å². The first kappa shape index (κ1) is 10.8. The highest BCUT2D eigenvalue weighted by Crippen LogP contribution is 2.19. The molecule has 78 valence electrons. The van der Waals surface area contributed by atoms with Gasteiger partial charge in [0.25, 0.3) is 0 Å². The fraction of sp³-hybridized carbons (Fsp3) is 0.545. The monoisotopic (exact) mass is 195 g/mol. The predicted molar refractivity (Wildman–Crippen MR) is 55.8 cm³/mol. The highest BCUT2D eigenvalue weighted by molar-refractivity contribution is 5.28. The number of rotatable bonds is 4. The maximum absolute atomic E-state index is 5.49. The third kappa shape index (κ3) is 3.64. The molecule has 0 saturated carbocycles. The normalized spacial score (nSPS) is 10.7. The maximum Gasteiger partial charge on any atom is 0.141 e. The van der Waals surface area contributed by atoms with Gasteiger partial charge in [-0.2, -0.15) is 0 Å². The van der Waals surface area contributed by atoms with Gasteiger partial charge in [0.05, 0.1) is 24.6 Å². The molecule has 0 amide bonds. The molecule has 0 aliphatic carbocycles. The van der Waals surface area contributed by atoms with Crippen LogP contribution in [0.1, 0.15) is 27.7 Å². The van der Waals surface area contributed by atoms with E-state index in [2.05, 4.69) is 4.98 Å². The maximum atomic E-state index is 5.49. The van der Waals surface area contributed by atoms with E-state index in [0.717, 1.165) is 11.5 Å². The average Bonchev–Trinajstić information content (AvgIpc) is 2.01. The summed E-state index contributed by atoms with van der Waals surface area (Å²) >= 11 is 0. The molecule has 1 heterocycles. The van der Waals surface area contributed by atoms with Crippen molar-refractivity contribution < 1.29 is 9.47 Å². The zero-order valence-electron chi connectivity index (χ0n) is 9.15. The highest BCUT2D eigenvalue weighted by Gasteiger charge is 2.02. The fourth-order valence-corrected chi connectivity index (χ4v) is 1.07. The van der Waals surface area contributed by atoms with Gasteiger partial charge in [-0.15, -0.1) is 0 Å². The van der Waals surface area contributed by atoms with Gasteiger partial charge in [-0.05, 0) is 27.7 Å². The Morgan fingerprint density at radius 3 is 1.71 bits per heavy atom. The van der Waals surface area contributed by atoms with Crippen molar-refractivity contribution in [1.82, 2.24) is 4.98 Å². The van der Waals surface area contributed by atoms with Crippen molar-refractivity contribution in [2.45, 2.75) is 39.9 Å². The van der Waals surface area contributed by atoms with Gasteiger partial charge in [0.15, 0.2) is 0 Å². The van der Waals surface area contributed by atoms with Crippen LogP contribution < -0.4 is 9.47 Å². The average molecular weight is 195 g/mol. The minimum Gasteiger partial charge on any atom is -0.489 e. The van der Waals surface area contributed by atoms with E-state index in [1.807, 2.05) is 33.8 Å². The first-order valence-corrected chi connectivity index (χ1v) is 4.86. The fourth-order valence-electron chi connectivity index (χ4n) is 1.07. The molecule has 0 radical (unpaired) electrons. The third-order valence-electron chi connectivity index (χ3n) is 1.43. The number of aromatic nitrogens is 1. The molecule has 1 aromatic rings. The predicted octanol–water partition coefficient (Wildman–Crippen LogP) is 2.66. The van der Waals surface area contributed by atoms with Crippen LogP contribution in [0.15, 0.2) is 18.5 Å². The van der Waals surface area contributed by atoms with E-state index >= 15 is 0 Å².